The Morgan fingerprint density at radius 1 is 1.00 bits per heavy atom. The van der Waals surface area contributed by atoms with Gasteiger partial charge in [0.05, 0.1) is 16.5 Å². The van der Waals surface area contributed by atoms with Crippen LogP contribution in [-0.2, 0) is 17.4 Å². The van der Waals surface area contributed by atoms with E-state index in [4.69, 9.17) is 0 Å². The first-order valence-corrected chi connectivity index (χ1v) is 11.5. The fourth-order valence-electron chi connectivity index (χ4n) is 3.72. The molecule has 34 heavy (non-hydrogen) atoms. The topological polar surface area (TPSA) is 74.0 Å². The molecule has 4 rings (SSSR count). The van der Waals surface area contributed by atoms with Gasteiger partial charge in [0.25, 0.3) is 5.91 Å². The molecule has 3 N–H and O–H groups in total. The molecule has 0 bridgehead atoms. The Kier molecular flexibility index (Phi) is 6.74. The third-order valence-corrected chi connectivity index (χ3v) is 6.43. The summed E-state index contributed by atoms with van der Waals surface area (Å²) in [6.45, 7) is 1.68. The maximum atomic E-state index is 13.2. The molecule has 176 valence electrons. The minimum absolute atomic E-state index is 0.243. The van der Waals surface area contributed by atoms with Gasteiger partial charge in [0.2, 0.25) is 5.91 Å². The number of hydrogen-bond donors (Lipinski definition) is 3. The standard InChI is InChI=1S/C25H22F3N3O2S/c1-15(16-8-10-18(11-9-16)25(26,27)28)30-23(32)21(31-24(33)22-7-4-12-34-22)13-17-14-29-20-6-3-2-5-19(17)20/h2-12,14-15,21,29H,13H2,1H3,(H,30,32)(H,31,33). The third-order valence-electron chi connectivity index (χ3n) is 5.56. The first-order valence-electron chi connectivity index (χ1n) is 10.6. The van der Waals surface area contributed by atoms with Gasteiger partial charge in [-0.15, -0.1) is 11.3 Å². The summed E-state index contributed by atoms with van der Waals surface area (Å²) in [5.74, 6) is -0.792. The fourth-order valence-corrected chi connectivity index (χ4v) is 4.35. The van der Waals surface area contributed by atoms with Crippen LogP contribution >= 0.6 is 11.3 Å². The average molecular weight is 486 g/mol. The molecular formula is C25H22F3N3O2S. The van der Waals surface area contributed by atoms with Crippen LogP contribution in [0.5, 0.6) is 0 Å². The molecule has 0 saturated carbocycles. The molecule has 2 atom stereocenters. The molecule has 0 radical (unpaired) electrons. The molecule has 0 aliphatic heterocycles. The van der Waals surface area contributed by atoms with Gasteiger partial charge in [-0.05, 0) is 47.7 Å². The highest BCUT2D eigenvalue weighted by molar-refractivity contribution is 7.12. The second-order valence-corrected chi connectivity index (χ2v) is 8.86. The number of halogens is 3. The van der Waals surface area contributed by atoms with Gasteiger partial charge in [-0.3, -0.25) is 9.59 Å². The van der Waals surface area contributed by atoms with Crippen LogP contribution in [0.2, 0.25) is 0 Å². The van der Waals surface area contributed by atoms with Crippen molar-refractivity contribution in [1.29, 1.82) is 0 Å². The maximum absolute atomic E-state index is 13.2. The molecule has 5 nitrogen and oxygen atoms in total. The lowest BCUT2D eigenvalue weighted by Crippen LogP contribution is -2.48. The van der Waals surface area contributed by atoms with Crippen LogP contribution in [0.3, 0.4) is 0 Å². The van der Waals surface area contributed by atoms with Gasteiger partial charge < -0.3 is 15.6 Å². The van der Waals surface area contributed by atoms with Crippen molar-refractivity contribution in [2.24, 2.45) is 0 Å². The molecule has 2 aromatic carbocycles. The van der Waals surface area contributed by atoms with Crippen LogP contribution in [0.15, 0.2) is 72.2 Å². The quantitative estimate of drug-likeness (QED) is 0.325. The third kappa shape index (κ3) is 5.31. The molecule has 2 heterocycles. The largest absolute Gasteiger partial charge is 0.416 e. The fraction of sp³-hybridized carbons (Fsp3) is 0.200. The number of carbonyl (C=O) groups is 2. The number of alkyl halides is 3. The Labute approximate surface area is 198 Å². The highest BCUT2D eigenvalue weighted by Gasteiger charge is 2.30. The van der Waals surface area contributed by atoms with E-state index in [2.05, 4.69) is 15.6 Å². The monoisotopic (exact) mass is 485 g/mol. The molecular weight excluding hydrogens is 463 g/mol. The molecule has 0 fully saturated rings. The zero-order valence-electron chi connectivity index (χ0n) is 18.1. The molecule has 2 unspecified atom stereocenters. The van der Waals surface area contributed by atoms with Gasteiger partial charge in [-0.25, -0.2) is 0 Å². The van der Waals surface area contributed by atoms with E-state index in [1.54, 1.807) is 24.4 Å². The second-order valence-electron chi connectivity index (χ2n) is 7.92. The van der Waals surface area contributed by atoms with Crippen molar-refractivity contribution in [2.75, 3.05) is 0 Å². The van der Waals surface area contributed by atoms with Crippen molar-refractivity contribution >= 4 is 34.1 Å². The lowest BCUT2D eigenvalue weighted by Gasteiger charge is -2.22. The van der Waals surface area contributed by atoms with Crippen LogP contribution in [0.25, 0.3) is 10.9 Å². The summed E-state index contributed by atoms with van der Waals surface area (Å²) in [6.07, 6.45) is -2.38. The van der Waals surface area contributed by atoms with E-state index in [-0.39, 0.29) is 12.3 Å². The first kappa shape index (κ1) is 23.6. The molecule has 2 amide bonds. The van der Waals surface area contributed by atoms with Gasteiger partial charge in [0.1, 0.15) is 6.04 Å². The van der Waals surface area contributed by atoms with Crippen LogP contribution in [-0.4, -0.2) is 22.8 Å². The SMILES string of the molecule is CC(NC(=O)C(Cc1c[nH]c2ccccc12)NC(=O)c1cccs1)c1ccc(C(F)(F)F)cc1. The Morgan fingerprint density at radius 3 is 2.41 bits per heavy atom. The van der Waals surface area contributed by atoms with Crippen molar-refractivity contribution in [2.45, 2.75) is 31.6 Å². The Balaban J connectivity index is 1.53. The summed E-state index contributed by atoms with van der Waals surface area (Å²) in [5, 5.41) is 8.35. The number of thiophene rings is 1. The summed E-state index contributed by atoms with van der Waals surface area (Å²) in [5.41, 5.74) is 1.55. The number of nitrogens with one attached hydrogen (secondary N) is 3. The van der Waals surface area contributed by atoms with Gasteiger partial charge in [0, 0.05) is 23.5 Å². The van der Waals surface area contributed by atoms with E-state index in [1.807, 2.05) is 30.5 Å². The lowest BCUT2D eigenvalue weighted by molar-refractivity contribution is -0.137. The van der Waals surface area contributed by atoms with Gasteiger partial charge >= 0.3 is 6.18 Å². The molecule has 0 aliphatic carbocycles. The zero-order valence-corrected chi connectivity index (χ0v) is 19.0. The Bertz CT molecular complexity index is 1280. The van der Waals surface area contributed by atoms with Crippen LogP contribution < -0.4 is 10.6 Å². The van der Waals surface area contributed by atoms with Crippen molar-refractivity contribution in [3.05, 3.63) is 93.8 Å². The number of carbonyl (C=O) groups excluding carboxylic acids is 2. The number of hydrogen-bond acceptors (Lipinski definition) is 3. The number of para-hydroxylation sites is 1. The number of H-pyrrole nitrogens is 1. The summed E-state index contributed by atoms with van der Waals surface area (Å²) < 4.78 is 38.6. The lowest BCUT2D eigenvalue weighted by atomic mass is 10.0. The highest BCUT2D eigenvalue weighted by atomic mass is 32.1. The predicted molar refractivity (Wildman–Crippen MR) is 126 cm³/mol. The van der Waals surface area contributed by atoms with Crippen molar-refractivity contribution < 1.29 is 22.8 Å². The van der Waals surface area contributed by atoms with Gasteiger partial charge in [-0.1, -0.05) is 36.4 Å². The van der Waals surface area contributed by atoms with Crippen LogP contribution in [0.1, 0.15) is 39.3 Å². The molecule has 9 heteroatoms. The molecule has 4 aromatic rings. The molecule has 0 spiro atoms. The molecule has 2 aromatic heterocycles. The normalized spacial score (nSPS) is 13.4. The van der Waals surface area contributed by atoms with Crippen LogP contribution in [0, 0.1) is 0 Å². The second kappa shape index (κ2) is 9.72. The van der Waals surface area contributed by atoms with E-state index >= 15 is 0 Å². The number of aromatic nitrogens is 1. The van der Waals surface area contributed by atoms with Crippen molar-refractivity contribution in [3.8, 4) is 0 Å². The maximum Gasteiger partial charge on any atom is 0.416 e. The van der Waals surface area contributed by atoms with E-state index in [9.17, 15) is 22.8 Å². The van der Waals surface area contributed by atoms with Gasteiger partial charge in [0.15, 0.2) is 0 Å². The number of benzene rings is 2. The van der Waals surface area contributed by atoms with Gasteiger partial charge in [-0.2, -0.15) is 13.2 Å². The predicted octanol–water partition coefficient (Wildman–Crippen LogP) is 5.47. The summed E-state index contributed by atoms with van der Waals surface area (Å²) in [7, 11) is 0. The minimum atomic E-state index is -4.43. The van der Waals surface area contributed by atoms with E-state index in [0.29, 0.717) is 10.4 Å². The van der Waals surface area contributed by atoms with Crippen molar-refractivity contribution in [1.82, 2.24) is 15.6 Å². The van der Waals surface area contributed by atoms with Crippen molar-refractivity contribution in [3.63, 3.8) is 0 Å². The number of amides is 2. The molecule has 0 saturated heterocycles. The summed E-state index contributed by atoms with van der Waals surface area (Å²) >= 11 is 1.27. The van der Waals surface area contributed by atoms with E-state index in [1.165, 1.54) is 23.5 Å². The molecule has 0 aliphatic rings. The van der Waals surface area contributed by atoms with E-state index in [0.717, 1.165) is 28.6 Å². The summed E-state index contributed by atoms with van der Waals surface area (Å²) in [4.78, 5) is 29.6. The Hall–Kier alpha value is -3.59. The van der Waals surface area contributed by atoms with E-state index < -0.39 is 29.7 Å². The average Bonchev–Trinajstić information content (AvgIpc) is 3.49. The number of fused-ring (bicyclic) bond motifs is 1. The number of aromatic amines is 1. The zero-order chi connectivity index (χ0) is 24.3. The minimum Gasteiger partial charge on any atom is -0.361 e. The smallest absolute Gasteiger partial charge is 0.361 e. The number of rotatable bonds is 7. The first-order chi connectivity index (χ1) is 16.2. The Morgan fingerprint density at radius 2 is 1.74 bits per heavy atom. The summed E-state index contributed by atoms with van der Waals surface area (Å²) in [6, 6.07) is 14.3. The highest BCUT2D eigenvalue weighted by Crippen LogP contribution is 2.30. The van der Waals surface area contributed by atoms with Crippen LogP contribution in [0.4, 0.5) is 13.2 Å².